The van der Waals surface area contributed by atoms with E-state index in [9.17, 15) is 0 Å². The van der Waals surface area contributed by atoms with Gasteiger partial charge in [0.25, 0.3) is 0 Å². The molecule has 0 saturated carbocycles. The van der Waals surface area contributed by atoms with Gasteiger partial charge >= 0.3 is 0 Å². The molecule has 1 saturated heterocycles. The first kappa shape index (κ1) is 11.0. The van der Waals surface area contributed by atoms with Crippen molar-refractivity contribution in [3.63, 3.8) is 0 Å². The van der Waals surface area contributed by atoms with Crippen molar-refractivity contribution in [1.29, 1.82) is 0 Å². The number of hydrogen-bond acceptors (Lipinski definition) is 3. The normalized spacial score (nSPS) is 22.1. The lowest BCUT2D eigenvalue weighted by Crippen LogP contribution is -2.23. The Morgan fingerprint density at radius 3 is 2.80 bits per heavy atom. The van der Waals surface area contributed by atoms with Crippen LogP contribution in [-0.2, 0) is 11.3 Å². The summed E-state index contributed by atoms with van der Waals surface area (Å²) in [6.45, 7) is 3.60. The largest absolute Gasteiger partial charge is 0.361 e. The van der Waals surface area contributed by atoms with Crippen molar-refractivity contribution >= 4 is 12.6 Å². The monoisotopic (exact) mass is 223 g/mol. The minimum atomic E-state index is 0.533. The molecule has 0 radical (unpaired) electrons. The van der Waals surface area contributed by atoms with Gasteiger partial charge in [-0.3, -0.25) is 4.90 Å². The Hall–Kier alpha value is -0.510. The average Bonchev–Trinajstić information content (AvgIpc) is 2.66. The molecule has 1 aliphatic rings. The zero-order chi connectivity index (χ0) is 10.5. The van der Waals surface area contributed by atoms with Gasteiger partial charge in [0, 0.05) is 18.3 Å². The maximum Gasteiger partial charge on any atom is 0.0995 e. The highest BCUT2D eigenvalue weighted by molar-refractivity contribution is 7.81. The summed E-state index contributed by atoms with van der Waals surface area (Å²) >= 11 is 4.45. The summed E-state index contributed by atoms with van der Waals surface area (Å²) in [6, 6.07) is 10.3. The second kappa shape index (κ2) is 5.54. The molecular weight excluding hydrogens is 206 g/mol. The molecule has 0 N–H and O–H groups in total. The van der Waals surface area contributed by atoms with Crippen LogP contribution < -0.4 is 0 Å². The number of rotatable bonds is 4. The van der Waals surface area contributed by atoms with E-state index in [2.05, 4.69) is 29.7 Å². The molecule has 1 aliphatic heterocycles. The van der Waals surface area contributed by atoms with E-state index in [4.69, 9.17) is 4.74 Å². The number of hydrogen-bond donors (Lipinski definition) is 1. The van der Waals surface area contributed by atoms with Crippen molar-refractivity contribution in [2.45, 2.75) is 18.3 Å². The number of benzene rings is 1. The molecule has 1 fully saturated rings. The van der Waals surface area contributed by atoms with Crippen molar-refractivity contribution in [3.8, 4) is 0 Å². The molecule has 1 unspecified atom stereocenters. The van der Waals surface area contributed by atoms with Crippen LogP contribution in [0.5, 0.6) is 0 Å². The molecule has 1 heterocycles. The minimum Gasteiger partial charge on any atom is -0.361 e. The third-order valence-electron chi connectivity index (χ3n) is 2.63. The maximum atomic E-state index is 5.64. The fraction of sp³-hybridized carbons (Fsp3) is 0.500. The van der Waals surface area contributed by atoms with E-state index in [1.165, 1.54) is 12.0 Å². The third kappa shape index (κ3) is 3.52. The lowest BCUT2D eigenvalue weighted by Gasteiger charge is -2.15. The number of nitrogens with zero attached hydrogens (tertiary/aromatic N) is 1. The molecule has 0 bridgehead atoms. The lowest BCUT2D eigenvalue weighted by molar-refractivity contribution is 0.0314. The van der Waals surface area contributed by atoms with Crippen molar-refractivity contribution in [3.05, 3.63) is 35.9 Å². The molecule has 82 valence electrons. The van der Waals surface area contributed by atoms with E-state index in [1.54, 1.807) is 0 Å². The molecule has 0 aliphatic carbocycles. The second-order valence-electron chi connectivity index (χ2n) is 3.98. The molecule has 0 spiro atoms. The van der Waals surface area contributed by atoms with Crippen molar-refractivity contribution < 1.29 is 4.74 Å². The average molecular weight is 223 g/mol. The minimum absolute atomic E-state index is 0.533. The van der Waals surface area contributed by atoms with Gasteiger partial charge in [-0.15, -0.1) is 0 Å². The van der Waals surface area contributed by atoms with Crippen LogP contribution in [0.1, 0.15) is 12.0 Å². The quantitative estimate of drug-likeness (QED) is 0.785. The Bertz CT molecular complexity index is 291. The predicted octanol–water partition coefficient (Wildman–Crippen LogP) is 2.16. The molecule has 0 aromatic heterocycles. The molecule has 2 nitrogen and oxygen atoms in total. The standard InChI is InChI=1S/C12H17NOS/c15-12-6-7-13(8-12)10-14-9-11-4-2-1-3-5-11/h1-5,12,15H,6-10H2. The number of thiol groups is 1. The summed E-state index contributed by atoms with van der Waals surface area (Å²) in [5.74, 6) is 0. The first-order chi connectivity index (χ1) is 7.34. The highest BCUT2D eigenvalue weighted by Gasteiger charge is 2.18. The van der Waals surface area contributed by atoms with Crippen LogP contribution in [0.25, 0.3) is 0 Å². The van der Waals surface area contributed by atoms with Crippen molar-refractivity contribution in [2.24, 2.45) is 0 Å². The van der Waals surface area contributed by atoms with Crippen molar-refractivity contribution in [1.82, 2.24) is 4.90 Å². The predicted molar refractivity (Wildman–Crippen MR) is 65.1 cm³/mol. The Kier molecular flexibility index (Phi) is 4.06. The van der Waals surface area contributed by atoms with Gasteiger partial charge < -0.3 is 4.74 Å². The zero-order valence-electron chi connectivity index (χ0n) is 8.80. The summed E-state index contributed by atoms with van der Waals surface area (Å²) in [5, 5.41) is 0.533. The van der Waals surface area contributed by atoms with Gasteiger partial charge in [-0.25, -0.2) is 0 Å². The van der Waals surface area contributed by atoms with Gasteiger partial charge in [0.15, 0.2) is 0 Å². The van der Waals surface area contributed by atoms with Gasteiger partial charge in [0.2, 0.25) is 0 Å². The first-order valence-corrected chi connectivity index (χ1v) is 5.88. The third-order valence-corrected chi connectivity index (χ3v) is 3.05. The Labute approximate surface area is 96.6 Å². The van der Waals surface area contributed by atoms with Crippen LogP contribution in [0.3, 0.4) is 0 Å². The van der Waals surface area contributed by atoms with Gasteiger partial charge in [-0.05, 0) is 12.0 Å². The van der Waals surface area contributed by atoms with E-state index < -0.39 is 0 Å². The SMILES string of the molecule is SC1CCN(COCc2ccccc2)C1. The van der Waals surface area contributed by atoms with Crippen LogP contribution in [0.2, 0.25) is 0 Å². The van der Waals surface area contributed by atoms with E-state index in [0.29, 0.717) is 11.9 Å². The van der Waals surface area contributed by atoms with Gasteiger partial charge in [-0.1, -0.05) is 30.3 Å². The van der Waals surface area contributed by atoms with Crippen LogP contribution in [0.4, 0.5) is 0 Å². The molecule has 0 amide bonds. The zero-order valence-corrected chi connectivity index (χ0v) is 9.70. The molecule has 1 aromatic rings. The molecule has 1 atom stereocenters. The summed E-state index contributed by atoms with van der Waals surface area (Å²) in [7, 11) is 0. The highest BCUT2D eigenvalue weighted by atomic mass is 32.1. The topological polar surface area (TPSA) is 12.5 Å². The van der Waals surface area contributed by atoms with Gasteiger partial charge in [-0.2, -0.15) is 12.6 Å². The molecular formula is C12H17NOS. The number of likely N-dealkylation sites (tertiary alicyclic amines) is 1. The fourth-order valence-electron chi connectivity index (χ4n) is 1.80. The Balaban J connectivity index is 1.67. The van der Waals surface area contributed by atoms with Gasteiger partial charge in [0.05, 0.1) is 13.3 Å². The molecule has 2 rings (SSSR count). The second-order valence-corrected chi connectivity index (χ2v) is 4.71. The first-order valence-electron chi connectivity index (χ1n) is 5.36. The Morgan fingerprint density at radius 1 is 1.33 bits per heavy atom. The summed E-state index contributed by atoms with van der Waals surface area (Å²) in [4.78, 5) is 2.31. The molecule has 15 heavy (non-hydrogen) atoms. The van der Waals surface area contributed by atoms with Crippen LogP contribution in [-0.4, -0.2) is 30.0 Å². The van der Waals surface area contributed by atoms with E-state index >= 15 is 0 Å². The number of ether oxygens (including phenoxy) is 1. The van der Waals surface area contributed by atoms with Crippen LogP contribution in [0, 0.1) is 0 Å². The van der Waals surface area contributed by atoms with Crippen LogP contribution in [0.15, 0.2) is 30.3 Å². The van der Waals surface area contributed by atoms with Crippen LogP contribution >= 0.6 is 12.6 Å². The van der Waals surface area contributed by atoms with Crippen molar-refractivity contribution in [2.75, 3.05) is 19.8 Å². The highest BCUT2D eigenvalue weighted by Crippen LogP contribution is 2.13. The van der Waals surface area contributed by atoms with E-state index in [-0.39, 0.29) is 0 Å². The molecule has 1 aromatic carbocycles. The fourth-order valence-corrected chi connectivity index (χ4v) is 2.14. The summed E-state index contributed by atoms with van der Waals surface area (Å²) in [5.41, 5.74) is 1.24. The van der Waals surface area contributed by atoms with Gasteiger partial charge in [0.1, 0.15) is 0 Å². The summed E-state index contributed by atoms with van der Waals surface area (Å²) < 4.78 is 5.64. The summed E-state index contributed by atoms with van der Waals surface area (Å²) in [6.07, 6.45) is 1.18. The lowest BCUT2D eigenvalue weighted by atomic mass is 10.2. The Morgan fingerprint density at radius 2 is 2.13 bits per heavy atom. The molecule has 3 heteroatoms. The van der Waals surface area contributed by atoms with E-state index in [0.717, 1.165) is 19.8 Å². The van der Waals surface area contributed by atoms with E-state index in [1.807, 2.05) is 18.2 Å². The maximum absolute atomic E-state index is 5.64. The smallest absolute Gasteiger partial charge is 0.0995 e.